The molecule has 2 atom stereocenters. The van der Waals surface area contributed by atoms with Crippen LogP contribution in [-0.4, -0.2) is 52.2 Å². The topological polar surface area (TPSA) is 45.7 Å². The van der Waals surface area contributed by atoms with Gasteiger partial charge in [0, 0.05) is 55.9 Å². The molecule has 170 valence electrons. The van der Waals surface area contributed by atoms with Gasteiger partial charge in [-0.1, -0.05) is 30.3 Å². The number of amides is 1. The lowest BCUT2D eigenvalue weighted by Gasteiger charge is -2.35. The molecule has 5 nitrogen and oxygen atoms in total. The van der Waals surface area contributed by atoms with Crippen molar-refractivity contribution in [3.05, 3.63) is 65.5 Å². The summed E-state index contributed by atoms with van der Waals surface area (Å²) < 4.78 is 5.86. The van der Waals surface area contributed by atoms with E-state index in [2.05, 4.69) is 51.2 Å². The van der Waals surface area contributed by atoms with Gasteiger partial charge in [0.05, 0.1) is 0 Å². The van der Waals surface area contributed by atoms with Crippen LogP contribution in [0, 0.1) is 5.41 Å². The molecule has 2 unspecified atom stereocenters. The monoisotopic (exact) mass is 433 g/mol. The van der Waals surface area contributed by atoms with Crippen LogP contribution in [0.25, 0.3) is 0 Å². The Kier molecular flexibility index (Phi) is 5.48. The predicted molar refractivity (Wildman–Crippen MR) is 125 cm³/mol. The first-order chi connectivity index (χ1) is 15.3. The number of pyridine rings is 1. The lowest BCUT2D eigenvalue weighted by Crippen LogP contribution is -2.45. The zero-order chi connectivity index (χ0) is 22.3. The standard InChI is InChI=1S/C27H35N3O2/c1-26(2,3)32-25(31)30(24-15-23(24)21-7-5-4-6-8-21)19-27(11-12-27)18-29-14-10-20-9-13-28-16-22(20)17-29/h4-9,13,16,23-24H,10-12,14-15,17-19H2,1-3H3. The Bertz CT molecular complexity index is 964. The molecule has 1 aromatic carbocycles. The molecule has 2 aromatic rings. The molecule has 0 saturated heterocycles. The van der Waals surface area contributed by atoms with Gasteiger partial charge >= 0.3 is 6.09 Å². The fraction of sp³-hybridized carbons (Fsp3) is 0.556. The first kappa shape index (κ1) is 21.4. The second-order valence-electron chi connectivity index (χ2n) is 11.0. The lowest BCUT2D eigenvalue weighted by molar-refractivity contribution is 0.0168. The van der Waals surface area contributed by atoms with Crippen LogP contribution in [0.5, 0.6) is 0 Å². The minimum absolute atomic E-state index is 0.152. The zero-order valence-corrected chi connectivity index (χ0v) is 19.6. The van der Waals surface area contributed by atoms with Crippen molar-refractivity contribution in [3.63, 3.8) is 0 Å². The maximum atomic E-state index is 13.3. The van der Waals surface area contributed by atoms with Gasteiger partial charge in [-0.25, -0.2) is 4.79 Å². The highest BCUT2D eigenvalue weighted by molar-refractivity contribution is 5.69. The normalized spacial score (nSPS) is 23.8. The number of carbonyl (C=O) groups is 1. The van der Waals surface area contributed by atoms with E-state index in [1.165, 1.54) is 29.5 Å². The van der Waals surface area contributed by atoms with Crippen LogP contribution in [-0.2, 0) is 17.7 Å². The average molecular weight is 434 g/mol. The van der Waals surface area contributed by atoms with E-state index in [1.54, 1.807) is 0 Å². The highest BCUT2D eigenvalue weighted by Crippen LogP contribution is 2.52. The highest BCUT2D eigenvalue weighted by atomic mass is 16.6. The maximum Gasteiger partial charge on any atom is 0.410 e. The second kappa shape index (κ2) is 8.18. The van der Waals surface area contributed by atoms with Crippen LogP contribution in [0.2, 0.25) is 0 Å². The summed E-state index contributed by atoms with van der Waals surface area (Å²) in [6, 6.07) is 13.0. The quantitative estimate of drug-likeness (QED) is 0.642. The third-order valence-corrected chi connectivity index (χ3v) is 7.13. The number of fused-ring (bicyclic) bond motifs is 1. The van der Waals surface area contributed by atoms with Crippen molar-refractivity contribution in [1.82, 2.24) is 14.8 Å². The van der Waals surface area contributed by atoms with Crippen molar-refractivity contribution < 1.29 is 9.53 Å². The van der Waals surface area contributed by atoms with Crippen LogP contribution >= 0.6 is 0 Å². The minimum Gasteiger partial charge on any atom is -0.444 e. The minimum atomic E-state index is -0.479. The molecule has 1 amide bonds. The summed E-state index contributed by atoms with van der Waals surface area (Å²) in [5.41, 5.74) is 3.83. The van der Waals surface area contributed by atoms with Gasteiger partial charge in [0.25, 0.3) is 0 Å². The molecule has 2 heterocycles. The number of ether oxygens (including phenoxy) is 1. The van der Waals surface area contributed by atoms with Crippen molar-refractivity contribution in [2.75, 3.05) is 19.6 Å². The van der Waals surface area contributed by atoms with Gasteiger partial charge in [-0.05, 0) is 69.2 Å². The Hall–Kier alpha value is -2.40. The van der Waals surface area contributed by atoms with Gasteiger partial charge in [0.2, 0.25) is 0 Å². The van der Waals surface area contributed by atoms with E-state index in [1.807, 2.05) is 33.2 Å². The first-order valence-electron chi connectivity index (χ1n) is 12.0. The summed E-state index contributed by atoms with van der Waals surface area (Å²) in [5, 5.41) is 0. The summed E-state index contributed by atoms with van der Waals surface area (Å²) in [4.78, 5) is 22.2. The zero-order valence-electron chi connectivity index (χ0n) is 19.6. The second-order valence-corrected chi connectivity index (χ2v) is 11.0. The third kappa shape index (κ3) is 4.83. The van der Waals surface area contributed by atoms with E-state index in [4.69, 9.17) is 4.74 Å². The molecule has 2 fully saturated rings. The van der Waals surface area contributed by atoms with Crippen LogP contribution < -0.4 is 0 Å². The molecule has 2 saturated carbocycles. The van der Waals surface area contributed by atoms with Crippen molar-refractivity contribution in [2.24, 2.45) is 5.41 Å². The number of hydrogen-bond donors (Lipinski definition) is 0. The summed E-state index contributed by atoms with van der Waals surface area (Å²) >= 11 is 0. The number of carbonyl (C=O) groups excluding carboxylic acids is 1. The van der Waals surface area contributed by atoms with Gasteiger partial charge in [-0.15, -0.1) is 0 Å². The van der Waals surface area contributed by atoms with E-state index in [0.717, 1.165) is 39.0 Å². The number of aromatic nitrogens is 1. The number of benzene rings is 1. The molecule has 0 bridgehead atoms. The molecule has 5 heteroatoms. The summed E-state index contributed by atoms with van der Waals surface area (Å²) in [5.74, 6) is 0.424. The fourth-order valence-electron chi connectivity index (χ4n) is 5.18. The highest BCUT2D eigenvalue weighted by Gasteiger charge is 2.52. The molecular formula is C27H35N3O2. The Balaban J connectivity index is 1.28. The number of hydrogen-bond acceptors (Lipinski definition) is 4. The summed E-state index contributed by atoms with van der Waals surface area (Å²) in [6.45, 7) is 9.76. The van der Waals surface area contributed by atoms with Gasteiger partial charge in [-0.2, -0.15) is 0 Å². The van der Waals surface area contributed by atoms with Crippen molar-refractivity contribution in [1.29, 1.82) is 0 Å². The smallest absolute Gasteiger partial charge is 0.410 e. The van der Waals surface area contributed by atoms with Crippen molar-refractivity contribution >= 4 is 6.09 Å². The van der Waals surface area contributed by atoms with Crippen LogP contribution in [0.4, 0.5) is 4.79 Å². The Morgan fingerprint density at radius 2 is 1.97 bits per heavy atom. The molecule has 32 heavy (non-hydrogen) atoms. The molecular weight excluding hydrogens is 398 g/mol. The number of nitrogens with zero attached hydrogens (tertiary/aromatic N) is 3. The van der Waals surface area contributed by atoms with E-state index in [-0.39, 0.29) is 17.6 Å². The fourth-order valence-corrected chi connectivity index (χ4v) is 5.18. The Labute approximate surface area is 191 Å². The molecule has 0 radical (unpaired) electrons. The largest absolute Gasteiger partial charge is 0.444 e. The van der Waals surface area contributed by atoms with Gasteiger partial charge in [0.15, 0.2) is 0 Å². The molecule has 2 aliphatic carbocycles. The first-order valence-corrected chi connectivity index (χ1v) is 12.0. The van der Waals surface area contributed by atoms with E-state index >= 15 is 0 Å². The van der Waals surface area contributed by atoms with Gasteiger partial charge in [0.1, 0.15) is 5.60 Å². The van der Waals surface area contributed by atoms with Gasteiger partial charge in [-0.3, -0.25) is 9.88 Å². The van der Waals surface area contributed by atoms with Crippen LogP contribution in [0.15, 0.2) is 48.8 Å². The molecule has 3 aliphatic rings. The van der Waals surface area contributed by atoms with Crippen molar-refractivity contribution in [3.8, 4) is 0 Å². The lowest BCUT2D eigenvalue weighted by atomic mass is 9.99. The maximum absolute atomic E-state index is 13.3. The number of rotatable bonds is 6. The Morgan fingerprint density at radius 1 is 1.19 bits per heavy atom. The van der Waals surface area contributed by atoms with Crippen LogP contribution in [0.3, 0.4) is 0 Å². The van der Waals surface area contributed by atoms with E-state index < -0.39 is 5.60 Å². The Morgan fingerprint density at radius 3 is 2.69 bits per heavy atom. The summed E-state index contributed by atoms with van der Waals surface area (Å²) in [7, 11) is 0. The third-order valence-electron chi connectivity index (χ3n) is 7.13. The average Bonchev–Trinajstić information content (AvgIpc) is 3.68. The van der Waals surface area contributed by atoms with Crippen LogP contribution in [0.1, 0.15) is 62.6 Å². The van der Waals surface area contributed by atoms with E-state index in [9.17, 15) is 4.79 Å². The predicted octanol–water partition coefficient (Wildman–Crippen LogP) is 5.01. The van der Waals surface area contributed by atoms with Crippen molar-refractivity contribution in [2.45, 2.75) is 70.6 Å². The van der Waals surface area contributed by atoms with Gasteiger partial charge < -0.3 is 9.64 Å². The molecule has 0 spiro atoms. The van der Waals surface area contributed by atoms with E-state index in [0.29, 0.717) is 5.92 Å². The molecule has 1 aliphatic heterocycles. The molecule has 0 N–H and O–H groups in total. The molecule has 1 aromatic heterocycles. The summed E-state index contributed by atoms with van der Waals surface area (Å²) in [6.07, 6.45) is 8.25. The molecule has 5 rings (SSSR count). The SMILES string of the molecule is CC(C)(C)OC(=O)N(CC1(CN2CCc3ccncc3C2)CC1)C1CC1c1ccccc1.